The van der Waals surface area contributed by atoms with Crippen LogP contribution in [0.4, 0.5) is 5.00 Å². The molecule has 110 valence electrons. The molecule has 0 atom stereocenters. The van der Waals surface area contributed by atoms with Crippen LogP contribution in [0, 0.1) is 6.92 Å². The largest absolute Gasteiger partial charge is 0.260 e. The topological polar surface area (TPSA) is 37.4 Å². The van der Waals surface area contributed by atoms with Gasteiger partial charge in [-0.05, 0) is 37.1 Å². The highest BCUT2D eigenvalue weighted by Crippen LogP contribution is 2.38. The average molecular weight is 330 g/mol. The lowest BCUT2D eigenvalue weighted by atomic mass is 10.2. The van der Waals surface area contributed by atoms with Crippen LogP contribution in [0.5, 0.6) is 0 Å². The van der Waals surface area contributed by atoms with Crippen LogP contribution in [-0.4, -0.2) is 32.7 Å². The smallest absolute Gasteiger partial charge is 0.235 e. The monoisotopic (exact) mass is 329 g/mol. The number of thiophene rings is 1. The molecular weight excluding hydrogens is 310 g/mol. The van der Waals surface area contributed by atoms with Crippen molar-refractivity contribution < 1.29 is 8.42 Å². The number of sulfonamides is 1. The number of thioether (sulfide) groups is 1. The van der Waals surface area contributed by atoms with E-state index in [9.17, 15) is 8.42 Å². The van der Waals surface area contributed by atoms with Gasteiger partial charge in [0, 0.05) is 17.0 Å². The maximum atomic E-state index is 12.4. The zero-order valence-corrected chi connectivity index (χ0v) is 14.4. The molecule has 6 heteroatoms. The fraction of sp³-hybridized carbons (Fsp3) is 0.429. The highest BCUT2D eigenvalue weighted by molar-refractivity contribution is 7.98. The van der Waals surface area contributed by atoms with E-state index >= 15 is 0 Å². The van der Waals surface area contributed by atoms with Gasteiger partial charge in [-0.25, -0.2) is 8.42 Å². The molecule has 0 unspecified atom stereocenters. The summed E-state index contributed by atoms with van der Waals surface area (Å²) in [6.07, 6.45) is 1.99. The van der Waals surface area contributed by atoms with Crippen LogP contribution in [0.15, 0.2) is 24.3 Å². The standard InChI is InChI=1S/C14H19NO2S3/c1-4-20(16,17)15(9-10-18-3)14-11(2)12-7-5-6-8-13(12)19-14/h5-8H,4,9-10H2,1-3H3. The van der Waals surface area contributed by atoms with E-state index in [0.717, 1.165) is 26.4 Å². The lowest BCUT2D eigenvalue weighted by Gasteiger charge is -2.22. The van der Waals surface area contributed by atoms with Crippen LogP contribution in [-0.2, 0) is 10.0 Å². The van der Waals surface area contributed by atoms with E-state index in [2.05, 4.69) is 6.07 Å². The molecule has 1 aromatic carbocycles. The first kappa shape index (κ1) is 15.7. The second-order valence-corrected chi connectivity index (χ2v) is 8.69. The van der Waals surface area contributed by atoms with Gasteiger partial charge >= 0.3 is 0 Å². The van der Waals surface area contributed by atoms with E-state index in [0.29, 0.717) is 6.54 Å². The number of rotatable bonds is 6. The Bertz CT molecular complexity index is 692. The third-order valence-electron chi connectivity index (χ3n) is 3.24. The molecule has 20 heavy (non-hydrogen) atoms. The lowest BCUT2D eigenvalue weighted by Crippen LogP contribution is -2.34. The molecule has 0 amide bonds. The van der Waals surface area contributed by atoms with Crippen LogP contribution in [0.3, 0.4) is 0 Å². The van der Waals surface area contributed by atoms with Gasteiger partial charge in [-0.1, -0.05) is 18.2 Å². The van der Waals surface area contributed by atoms with Gasteiger partial charge in [-0.2, -0.15) is 11.8 Å². The molecule has 0 spiro atoms. The molecule has 0 bridgehead atoms. The minimum atomic E-state index is -3.23. The second-order valence-electron chi connectivity index (χ2n) is 4.49. The number of hydrogen-bond acceptors (Lipinski definition) is 4. The number of benzene rings is 1. The molecule has 0 aliphatic carbocycles. The van der Waals surface area contributed by atoms with E-state index in [1.807, 2.05) is 31.4 Å². The summed E-state index contributed by atoms with van der Waals surface area (Å²) in [5, 5.41) is 2.01. The van der Waals surface area contributed by atoms with Crippen molar-refractivity contribution in [3.8, 4) is 0 Å². The molecule has 0 saturated heterocycles. The summed E-state index contributed by atoms with van der Waals surface area (Å²) in [6.45, 7) is 4.24. The Balaban J connectivity index is 2.53. The Labute approximate surface area is 129 Å². The highest BCUT2D eigenvalue weighted by Gasteiger charge is 2.24. The van der Waals surface area contributed by atoms with E-state index < -0.39 is 10.0 Å². The summed E-state index contributed by atoms with van der Waals surface area (Å²) in [5.74, 6) is 0.933. The predicted octanol–water partition coefficient (Wildman–Crippen LogP) is 3.73. The molecule has 2 aromatic rings. The minimum Gasteiger partial charge on any atom is -0.260 e. The Morgan fingerprint density at radius 1 is 1.30 bits per heavy atom. The Morgan fingerprint density at radius 2 is 2.00 bits per heavy atom. The van der Waals surface area contributed by atoms with Gasteiger partial charge in [0.25, 0.3) is 0 Å². The number of hydrogen-bond donors (Lipinski definition) is 0. The van der Waals surface area contributed by atoms with E-state index in [1.54, 1.807) is 34.3 Å². The van der Waals surface area contributed by atoms with Crippen molar-refractivity contribution in [3.05, 3.63) is 29.8 Å². The molecule has 0 radical (unpaired) electrons. The third-order valence-corrected chi connectivity index (χ3v) is 7.01. The maximum Gasteiger partial charge on any atom is 0.235 e. The molecule has 1 heterocycles. The molecule has 0 saturated carbocycles. The normalized spacial score (nSPS) is 11.9. The van der Waals surface area contributed by atoms with Crippen molar-refractivity contribution in [3.63, 3.8) is 0 Å². The SMILES string of the molecule is CCS(=O)(=O)N(CCSC)c1sc2ccccc2c1C. The van der Waals surface area contributed by atoms with Gasteiger partial charge < -0.3 is 0 Å². The Kier molecular flexibility index (Phi) is 4.99. The van der Waals surface area contributed by atoms with Crippen LogP contribution in [0.1, 0.15) is 12.5 Å². The van der Waals surface area contributed by atoms with Crippen LogP contribution in [0.2, 0.25) is 0 Å². The maximum absolute atomic E-state index is 12.4. The molecule has 1 aromatic heterocycles. The summed E-state index contributed by atoms with van der Waals surface area (Å²) in [4.78, 5) is 0. The first-order chi connectivity index (χ1) is 9.51. The summed E-state index contributed by atoms with van der Waals surface area (Å²) in [7, 11) is -3.23. The van der Waals surface area contributed by atoms with Crippen molar-refractivity contribution in [2.45, 2.75) is 13.8 Å². The van der Waals surface area contributed by atoms with Crippen molar-refractivity contribution in [2.24, 2.45) is 0 Å². The van der Waals surface area contributed by atoms with E-state index in [4.69, 9.17) is 0 Å². The van der Waals surface area contributed by atoms with Gasteiger partial charge in [0.1, 0.15) is 5.00 Å². The highest BCUT2D eigenvalue weighted by atomic mass is 32.2. The molecule has 0 N–H and O–H groups in total. The van der Waals surface area contributed by atoms with Crippen molar-refractivity contribution in [2.75, 3.05) is 28.6 Å². The Morgan fingerprint density at radius 3 is 2.60 bits per heavy atom. The predicted molar refractivity (Wildman–Crippen MR) is 91.8 cm³/mol. The van der Waals surface area contributed by atoms with Crippen LogP contribution >= 0.6 is 23.1 Å². The van der Waals surface area contributed by atoms with Crippen molar-refractivity contribution >= 4 is 48.2 Å². The van der Waals surface area contributed by atoms with Crippen LogP contribution < -0.4 is 4.31 Å². The summed E-state index contributed by atoms with van der Waals surface area (Å²) in [5.41, 5.74) is 1.06. The molecule has 0 aliphatic heterocycles. The number of nitrogens with zero attached hydrogens (tertiary/aromatic N) is 1. The summed E-state index contributed by atoms with van der Waals surface area (Å²) in [6, 6.07) is 8.08. The van der Waals surface area contributed by atoms with Gasteiger partial charge in [0.05, 0.1) is 5.75 Å². The minimum absolute atomic E-state index is 0.134. The molecule has 3 nitrogen and oxygen atoms in total. The van der Waals surface area contributed by atoms with Crippen molar-refractivity contribution in [1.29, 1.82) is 0 Å². The zero-order valence-electron chi connectivity index (χ0n) is 11.9. The van der Waals surface area contributed by atoms with E-state index in [1.165, 1.54) is 0 Å². The van der Waals surface area contributed by atoms with Crippen LogP contribution in [0.25, 0.3) is 10.1 Å². The first-order valence-electron chi connectivity index (χ1n) is 6.48. The van der Waals surface area contributed by atoms with Gasteiger partial charge in [0.15, 0.2) is 0 Å². The fourth-order valence-corrected chi connectivity index (χ4v) is 5.24. The summed E-state index contributed by atoms with van der Waals surface area (Å²) < 4.78 is 27.4. The van der Waals surface area contributed by atoms with Gasteiger partial charge in [-0.15, -0.1) is 11.3 Å². The molecule has 0 aliphatic rings. The number of fused-ring (bicyclic) bond motifs is 1. The lowest BCUT2D eigenvalue weighted by molar-refractivity contribution is 0.593. The quantitative estimate of drug-likeness (QED) is 0.810. The average Bonchev–Trinajstić information content (AvgIpc) is 2.77. The first-order valence-corrected chi connectivity index (χ1v) is 10.3. The summed E-state index contributed by atoms with van der Waals surface area (Å²) >= 11 is 3.22. The van der Waals surface area contributed by atoms with E-state index in [-0.39, 0.29) is 5.75 Å². The molecular formula is C14H19NO2S3. The van der Waals surface area contributed by atoms with Crippen molar-refractivity contribution in [1.82, 2.24) is 0 Å². The number of anilines is 1. The fourth-order valence-electron chi connectivity index (χ4n) is 2.10. The number of aryl methyl sites for hydroxylation is 1. The van der Waals surface area contributed by atoms with Gasteiger partial charge in [-0.3, -0.25) is 4.31 Å². The third kappa shape index (κ3) is 2.97. The molecule has 2 rings (SSSR count). The van der Waals surface area contributed by atoms with Gasteiger partial charge in [0.2, 0.25) is 10.0 Å². The molecule has 0 fully saturated rings. The zero-order chi connectivity index (χ0) is 14.8. The second kappa shape index (κ2) is 6.37. The Hall–Kier alpha value is -0.720.